The number of nitrogens with one attached hydrogen (secondary N) is 1. The van der Waals surface area contributed by atoms with Gasteiger partial charge in [-0.05, 0) is 94.8 Å². The summed E-state index contributed by atoms with van der Waals surface area (Å²) in [5.74, 6) is -1.81. The van der Waals surface area contributed by atoms with Gasteiger partial charge in [0.2, 0.25) is 5.91 Å². The van der Waals surface area contributed by atoms with E-state index in [4.69, 9.17) is 14.2 Å². The summed E-state index contributed by atoms with van der Waals surface area (Å²) in [6.45, 7) is 11.0. The number of carbonyl (C=O) groups is 5. The highest BCUT2D eigenvalue weighted by atomic mass is 32.2. The molecule has 3 amide bonds. The Bertz CT molecular complexity index is 1620. The summed E-state index contributed by atoms with van der Waals surface area (Å²) in [5.41, 5.74) is 1.30. The molecule has 0 bridgehead atoms. The lowest BCUT2D eigenvalue weighted by Crippen LogP contribution is -2.74. The maximum absolute atomic E-state index is 13.6. The third-order valence-electron chi connectivity index (χ3n) is 7.42. The molecule has 0 aliphatic carbocycles. The minimum atomic E-state index is -1.11. The van der Waals surface area contributed by atoms with Crippen molar-refractivity contribution in [1.29, 1.82) is 0 Å². The van der Waals surface area contributed by atoms with E-state index in [9.17, 15) is 24.0 Å². The number of nitrogens with zero attached hydrogens (tertiary/aromatic N) is 2. The van der Waals surface area contributed by atoms with Crippen LogP contribution in [0.25, 0.3) is 0 Å². The molecule has 2 aromatic carbocycles. The first-order valence-electron chi connectivity index (χ1n) is 15.3. The van der Waals surface area contributed by atoms with Gasteiger partial charge < -0.3 is 29.3 Å². The Labute approximate surface area is 278 Å². The first kappa shape index (κ1) is 33.8. The van der Waals surface area contributed by atoms with Crippen molar-refractivity contribution in [3.8, 4) is 0 Å². The summed E-state index contributed by atoms with van der Waals surface area (Å²) in [7, 11) is 0. The Morgan fingerprint density at radius 3 is 2.23 bits per heavy atom. The van der Waals surface area contributed by atoms with E-state index in [1.54, 1.807) is 82.2 Å². The number of hydrogen-bond acceptors (Lipinski definition) is 9. The summed E-state index contributed by atoms with van der Waals surface area (Å²) < 4.78 is 16.4. The Kier molecular flexibility index (Phi) is 9.53. The minimum absolute atomic E-state index is 0.00541. The normalized spacial score (nSPS) is 21.9. The lowest BCUT2D eigenvalue weighted by atomic mass is 9.96. The van der Waals surface area contributed by atoms with Crippen molar-refractivity contribution in [2.45, 2.75) is 83.2 Å². The molecule has 2 aromatic rings. The van der Waals surface area contributed by atoms with Crippen LogP contribution in [0.15, 0.2) is 77.2 Å². The molecule has 1 N–H and O–H groups in total. The zero-order chi connectivity index (χ0) is 34.1. The first-order valence-corrected chi connectivity index (χ1v) is 16.3. The van der Waals surface area contributed by atoms with Gasteiger partial charge in [0, 0.05) is 17.8 Å². The Balaban J connectivity index is 1.35. The number of anilines is 1. The van der Waals surface area contributed by atoms with E-state index in [-0.39, 0.29) is 12.5 Å². The molecule has 12 heteroatoms. The van der Waals surface area contributed by atoms with Crippen LogP contribution in [-0.4, -0.2) is 70.0 Å². The molecule has 3 atom stereocenters. The third-order valence-corrected chi connectivity index (χ3v) is 8.60. The maximum Gasteiger partial charge on any atom is 0.408 e. The molecule has 0 spiro atoms. The van der Waals surface area contributed by atoms with Crippen molar-refractivity contribution in [1.82, 2.24) is 10.2 Å². The summed E-state index contributed by atoms with van der Waals surface area (Å²) in [6, 6.07) is 13.8. The molecular formula is C35H39N3O8S. The monoisotopic (exact) mass is 661 g/mol. The number of hydrogen-bond donors (Lipinski definition) is 1. The number of β-lactam (4-membered cyclic amide) rings is 1. The fraction of sp³-hybridized carbons (Fsp3) is 0.400. The topological polar surface area (TPSA) is 132 Å². The number of amides is 3. The van der Waals surface area contributed by atoms with Crippen LogP contribution in [0, 0.1) is 0 Å². The quantitative estimate of drug-likeness (QED) is 0.186. The molecule has 3 heterocycles. The fourth-order valence-corrected chi connectivity index (χ4v) is 6.52. The molecule has 0 unspecified atom stereocenters. The van der Waals surface area contributed by atoms with Crippen molar-refractivity contribution in [2.24, 2.45) is 0 Å². The van der Waals surface area contributed by atoms with E-state index in [1.165, 1.54) is 16.7 Å². The van der Waals surface area contributed by atoms with Gasteiger partial charge in [0.1, 0.15) is 29.2 Å². The smallest absolute Gasteiger partial charge is 0.408 e. The largest absolute Gasteiger partial charge is 0.459 e. The average Bonchev–Trinajstić information content (AvgIpc) is 3.36. The van der Waals surface area contributed by atoms with Crippen molar-refractivity contribution < 1.29 is 38.2 Å². The minimum Gasteiger partial charge on any atom is -0.459 e. The highest BCUT2D eigenvalue weighted by molar-refractivity contribution is 8.03. The first-order chi connectivity index (χ1) is 22.1. The van der Waals surface area contributed by atoms with E-state index < -0.39 is 52.6 Å². The van der Waals surface area contributed by atoms with Gasteiger partial charge in [0.05, 0.1) is 5.56 Å². The van der Waals surface area contributed by atoms with Crippen molar-refractivity contribution in [2.75, 3.05) is 11.4 Å². The third kappa shape index (κ3) is 7.87. The second-order valence-corrected chi connectivity index (χ2v) is 14.4. The Hall–Kier alpha value is -4.58. The average molecular weight is 662 g/mol. The predicted molar refractivity (Wildman–Crippen MR) is 176 cm³/mol. The van der Waals surface area contributed by atoms with Gasteiger partial charge in [-0.2, -0.15) is 0 Å². The number of ether oxygens (including phenoxy) is 3. The van der Waals surface area contributed by atoms with Crippen LogP contribution in [0.2, 0.25) is 0 Å². The predicted octanol–water partition coefficient (Wildman–Crippen LogP) is 5.11. The van der Waals surface area contributed by atoms with Crippen molar-refractivity contribution in [3.05, 3.63) is 88.4 Å². The van der Waals surface area contributed by atoms with Gasteiger partial charge in [-0.3, -0.25) is 9.59 Å². The lowest BCUT2D eigenvalue weighted by Gasteiger charge is -2.51. The standard InChI is InChI=1S/C35H39N3O8S/c1-34(2,3)45-31(41)22-12-14-25(15-13-22)37-17-16-23(28(37)39)18-24-20-47-30-26(36-33(43)46-35(4,5)6)29(40)38(30)27(24)32(42)44-19-21-10-8-7-9-11-21/h7-15,18,20,26-27,30H,16-17,19H2,1-6H3,(H,36,43)/b23-18+/t26-,27-,30-/m1/s1. The van der Waals surface area contributed by atoms with E-state index in [0.29, 0.717) is 35.4 Å². The van der Waals surface area contributed by atoms with E-state index in [2.05, 4.69) is 5.32 Å². The Morgan fingerprint density at radius 2 is 1.60 bits per heavy atom. The van der Waals surface area contributed by atoms with Crippen LogP contribution < -0.4 is 10.2 Å². The molecule has 47 heavy (non-hydrogen) atoms. The highest BCUT2D eigenvalue weighted by Crippen LogP contribution is 2.42. The summed E-state index contributed by atoms with van der Waals surface area (Å²) >= 11 is 1.27. The number of carbonyl (C=O) groups excluding carboxylic acids is 5. The molecule has 248 valence electrons. The fourth-order valence-electron chi connectivity index (χ4n) is 5.33. The van der Waals surface area contributed by atoms with Gasteiger partial charge in [-0.15, -0.1) is 11.8 Å². The van der Waals surface area contributed by atoms with Crippen molar-refractivity contribution in [3.63, 3.8) is 0 Å². The van der Waals surface area contributed by atoms with Crippen LogP contribution in [0.1, 0.15) is 63.9 Å². The SMILES string of the molecule is CC(C)(C)OC(=O)N[C@@H]1C(=O)N2[C@@H](C(=O)OCc3ccccc3)C(/C=C3\CCN(c4ccc(C(=O)OC(C)(C)C)cc4)C3=O)=CS[C@H]12. The molecule has 5 rings (SSSR count). The van der Waals surface area contributed by atoms with Crippen LogP contribution in [0.4, 0.5) is 10.5 Å². The highest BCUT2D eigenvalue weighted by Gasteiger charge is 2.56. The molecular weight excluding hydrogens is 622 g/mol. The van der Waals surface area contributed by atoms with Crippen LogP contribution in [0.5, 0.6) is 0 Å². The molecule has 2 saturated heterocycles. The molecule has 0 radical (unpaired) electrons. The number of alkyl carbamates (subject to hydrolysis) is 1. The van der Waals surface area contributed by atoms with E-state index >= 15 is 0 Å². The number of benzene rings is 2. The molecule has 3 aliphatic heterocycles. The molecule has 0 saturated carbocycles. The second kappa shape index (κ2) is 13.3. The summed E-state index contributed by atoms with van der Waals surface area (Å²) in [6.07, 6.45) is 1.32. The maximum atomic E-state index is 13.6. The molecule has 11 nitrogen and oxygen atoms in total. The van der Waals surface area contributed by atoms with E-state index in [0.717, 1.165) is 5.56 Å². The molecule has 3 aliphatic rings. The number of fused-ring (bicyclic) bond motifs is 1. The van der Waals surface area contributed by atoms with Gasteiger partial charge >= 0.3 is 18.0 Å². The lowest BCUT2D eigenvalue weighted by molar-refractivity contribution is -0.163. The van der Waals surface area contributed by atoms with E-state index in [1.807, 2.05) is 30.3 Å². The number of thioether (sulfide) groups is 1. The molecule has 0 aromatic heterocycles. The summed E-state index contributed by atoms with van der Waals surface area (Å²) in [5, 5.41) is 3.80. The Morgan fingerprint density at radius 1 is 0.936 bits per heavy atom. The second-order valence-electron chi connectivity index (χ2n) is 13.4. The zero-order valence-corrected chi connectivity index (χ0v) is 28.1. The van der Waals surface area contributed by atoms with Crippen LogP contribution in [-0.2, 0) is 35.2 Å². The number of esters is 2. The van der Waals surface area contributed by atoms with Gasteiger partial charge in [-0.25, -0.2) is 14.4 Å². The van der Waals surface area contributed by atoms with Crippen LogP contribution in [0.3, 0.4) is 0 Å². The number of rotatable bonds is 7. The molecule has 2 fully saturated rings. The zero-order valence-electron chi connectivity index (χ0n) is 27.3. The van der Waals surface area contributed by atoms with Gasteiger partial charge in [0.15, 0.2) is 6.04 Å². The summed E-state index contributed by atoms with van der Waals surface area (Å²) in [4.78, 5) is 68.4. The van der Waals surface area contributed by atoms with Gasteiger partial charge in [-0.1, -0.05) is 30.3 Å². The van der Waals surface area contributed by atoms with Crippen LogP contribution >= 0.6 is 11.8 Å². The van der Waals surface area contributed by atoms with Gasteiger partial charge in [0.25, 0.3) is 5.91 Å². The van der Waals surface area contributed by atoms with Crippen molar-refractivity contribution >= 4 is 47.3 Å².